The molecule has 6 nitrogen and oxygen atoms in total. The molecule has 2 heterocycles. The van der Waals surface area contributed by atoms with Gasteiger partial charge in [-0.15, -0.1) is 0 Å². The van der Waals surface area contributed by atoms with E-state index < -0.39 is 0 Å². The van der Waals surface area contributed by atoms with Crippen LogP contribution < -0.4 is 4.74 Å². The highest BCUT2D eigenvalue weighted by atomic mass is 16.5. The van der Waals surface area contributed by atoms with E-state index in [-0.39, 0.29) is 11.8 Å². The topological polar surface area (TPSA) is 68.5 Å². The van der Waals surface area contributed by atoms with E-state index in [4.69, 9.17) is 9.26 Å². The molecular weight excluding hydrogens is 330 g/mol. The van der Waals surface area contributed by atoms with Crippen molar-refractivity contribution in [2.75, 3.05) is 20.2 Å². The lowest BCUT2D eigenvalue weighted by molar-refractivity contribution is 0.0787. The minimum atomic E-state index is -0.0308. The first kappa shape index (κ1) is 16.3. The maximum Gasteiger partial charge on any atom is 0.257 e. The van der Waals surface area contributed by atoms with E-state index in [0.29, 0.717) is 36.1 Å². The first-order valence-corrected chi connectivity index (χ1v) is 8.57. The van der Waals surface area contributed by atoms with Crippen LogP contribution >= 0.6 is 0 Å². The smallest absolute Gasteiger partial charge is 0.257 e. The minimum Gasteiger partial charge on any atom is -0.496 e. The summed E-state index contributed by atoms with van der Waals surface area (Å²) in [6.07, 6.45) is 0.814. The Morgan fingerprint density at radius 2 is 1.92 bits per heavy atom. The summed E-state index contributed by atoms with van der Waals surface area (Å²) in [5.74, 6) is 1.80. The summed E-state index contributed by atoms with van der Waals surface area (Å²) in [7, 11) is 1.57. The van der Waals surface area contributed by atoms with E-state index in [2.05, 4.69) is 10.1 Å². The number of amides is 1. The van der Waals surface area contributed by atoms with Gasteiger partial charge in [-0.1, -0.05) is 35.5 Å². The van der Waals surface area contributed by atoms with Crippen LogP contribution in [-0.2, 0) is 0 Å². The van der Waals surface area contributed by atoms with Crippen molar-refractivity contribution in [3.8, 4) is 17.2 Å². The summed E-state index contributed by atoms with van der Waals surface area (Å²) < 4.78 is 10.7. The standard InChI is InChI=1S/C20H19N3O3/c1-25-17-10-6-5-9-16(17)20(24)23-12-11-15(13-23)18-21-19(26-22-18)14-7-3-2-4-8-14/h2-10,15H,11-13H2,1H3/t15-/m1/s1. The summed E-state index contributed by atoms with van der Waals surface area (Å²) in [6, 6.07) is 17.0. The molecule has 0 unspecified atom stereocenters. The van der Waals surface area contributed by atoms with Crippen LogP contribution in [0.4, 0.5) is 0 Å². The Bertz CT molecular complexity index is 907. The fourth-order valence-corrected chi connectivity index (χ4v) is 3.25. The van der Waals surface area contributed by atoms with Crippen LogP contribution in [0.5, 0.6) is 5.75 Å². The third kappa shape index (κ3) is 3.06. The Labute approximate surface area is 151 Å². The van der Waals surface area contributed by atoms with E-state index >= 15 is 0 Å². The van der Waals surface area contributed by atoms with Crippen molar-refractivity contribution in [2.24, 2.45) is 0 Å². The molecule has 1 atom stereocenters. The monoisotopic (exact) mass is 349 g/mol. The number of methoxy groups -OCH3 is 1. The lowest BCUT2D eigenvalue weighted by atomic mass is 10.1. The molecule has 0 bridgehead atoms. The lowest BCUT2D eigenvalue weighted by Crippen LogP contribution is -2.28. The molecule has 1 aliphatic rings. The van der Waals surface area contributed by atoms with Gasteiger partial charge in [-0.25, -0.2) is 0 Å². The number of para-hydroxylation sites is 1. The van der Waals surface area contributed by atoms with Crippen LogP contribution in [0.1, 0.15) is 28.5 Å². The van der Waals surface area contributed by atoms with Crippen molar-refractivity contribution in [3.05, 3.63) is 66.0 Å². The van der Waals surface area contributed by atoms with E-state index in [1.54, 1.807) is 19.2 Å². The van der Waals surface area contributed by atoms with Crippen molar-refractivity contribution >= 4 is 5.91 Å². The first-order chi connectivity index (χ1) is 12.8. The number of carbonyl (C=O) groups excluding carboxylic acids is 1. The number of nitrogens with zero attached hydrogens (tertiary/aromatic N) is 3. The molecule has 1 saturated heterocycles. The molecule has 1 fully saturated rings. The second-order valence-electron chi connectivity index (χ2n) is 6.26. The number of benzene rings is 2. The zero-order valence-corrected chi connectivity index (χ0v) is 14.5. The Morgan fingerprint density at radius 1 is 1.15 bits per heavy atom. The number of likely N-dealkylation sites (tertiary alicyclic amines) is 1. The predicted octanol–water partition coefficient (Wildman–Crippen LogP) is 3.37. The van der Waals surface area contributed by atoms with Gasteiger partial charge in [-0.2, -0.15) is 4.98 Å². The van der Waals surface area contributed by atoms with Gasteiger partial charge in [0.1, 0.15) is 5.75 Å². The normalized spacial score (nSPS) is 16.7. The van der Waals surface area contributed by atoms with Crippen molar-refractivity contribution in [1.29, 1.82) is 0 Å². The molecule has 1 aliphatic heterocycles. The summed E-state index contributed by atoms with van der Waals surface area (Å²) in [4.78, 5) is 19.2. The number of aromatic nitrogens is 2. The third-order valence-electron chi connectivity index (χ3n) is 4.64. The fourth-order valence-electron chi connectivity index (χ4n) is 3.25. The molecule has 26 heavy (non-hydrogen) atoms. The molecule has 0 aliphatic carbocycles. The van der Waals surface area contributed by atoms with Crippen LogP contribution in [-0.4, -0.2) is 41.1 Å². The number of hydrogen-bond donors (Lipinski definition) is 0. The molecule has 0 spiro atoms. The summed E-state index contributed by atoms with van der Waals surface area (Å²) >= 11 is 0. The van der Waals surface area contributed by atoms with E-state index in [1.807, 2.05) is 47.4 Å². The highest BCUT2D eigenvalue weighted by molar-refractivity contribution is 5.97. The SMILES string of the molecule is COc1ccccc1C(=O)N1CC[C@@H](c2noc(-c3ccccc3)n2)C1. The second-order valence-corrected chi connectivity index (χ2v) is 6.26. The molecule has 132 valence electrons. The maximum absolute atomic E-state index is 12.8. The first-order valence-electron chi connectivity index (χ1n) is 8.57. The number of carbonyl (C=O) groups is 1. The number of hydrogen-bond acceptors (Lipinski definition) is 5. The van der Waals surface area contributed by atoms with Gasteiger partial charge in [0.15, 0.2) is 5.82 Å². The summed E-state index contributed by atoms with van der Waals surface area (Å²) in [6.45, 7) is 1.24. The molecule has 2 aromatic carbocycles. The van der Waals surface area contributed by atoms with E-state index in [0.717, 1.165) is 12.0 Å². The van der Waals surface area contributed by atoms with Crippen molar-refractivity contribution in [1.82, 2.24) is 15.0 Å². The van der Waals surface area contributed by atoms with Crippen molar-refractivity contribution in [3.63, 3.8) is 0 Å². The Morgan fingerprint density at radius 3 is 2.73 bits per heavy atom. The molecule has 1 amide bonds. The van der Waals surface area contributed by atoms with Gasteiger partial charge in [0.05, 0.1) is 12.7 Å². The average molecular weight is 349 g/mol. The molecular formula is C20H19N3O3. The molecule has 0 radical (unpaired) electrons. The van der Waals surface area contributed by atoms with Gasteiger partial charge in [0.2, 0.25) is 0 Å². The van der Waals surface area contributed by atoms with Gasteiger partial charge < -0.3 is 14.2 Å². The van der Waals surface area contributed by atoms with Crippen LogP contribution in [0.25, 0.3) is 11.5 Å². The van der Waals surface area contributed by atoms with Crippen molar-refractivity contribution < 1.29 is 14.1 Å². The third-order valence-corrected chi connectivity index (χ3v) is 4.64. The molecule has 6 heteroatoms. The predicted molar refractivity (Wildman–Crippen MR) is 96.0 cm³/mol. The lowest BCUT2D eigenvalue weighted by Gasteiger charge is -2.17. The van der Waals surface area contributed by atoms with Gasteiger partial charge in [-0.3, -0.25) is 4.79 Å². The van der Waals surface area contributed by atoms with E-state index in [9.17, 15) is 4.79 Å². The average Bonchev–Trinajstić information content (AvgIpc) is 3.37. The van der Waals surface area contributed by atoms with Crippen LogP contribution in [0.3, 0.4) is 0 Å². The Balaban J connectivity index is 1.49. The molecule has 0 saturated carbocycles. The molecule has 0 N–H and O–H groups in total. The van der Waals surface area contributed by atoms with Gasteiger partial charge >= 0.3 is 0 Å². The Kier molecular flexibility index (Phi) is 4.39. The van der Waals surface area contributed by atoms with Crippen LogP contribution in [0, 0.1) is 0 Å². The fraction of sp³-hybridized carbons (Fsp3) is 0.250. The quantitative estimate of drug-likeness (QED) is 0.722. The van der Waals surface area contributed by atoms with Crippen molar-refractivity contribution in [2.45, 2.75) is 12.3 Å². The maximum atomic E-state index is 12.8. The zero-order chi connectivity index (χ0) is 17.9. The van der Waals surface area contributed by atoms with Crippen LogP contribution in [0.2, 0.25) is 0 Å². The van der Waals surface area contributed by atoms with Gasteiger partial charge in [0.25, 0.3) is 11.8 Å². The highest BCUT2D eigenvalue weighted by Crippen LogP contribution is 2.29. The number of ether oxygens (including phenoxy) is 1. The Hall–Kier alpha value is -3.15. The van der Waals surface area contributed by atoms with Gasteiger partial charge in [0, 0.05) is 24.6 Å². The van der Waals surface area contributed by atoms with Crippen LogP contribution in [0.15, 0.2) is 59.1 Å². The zero-order valence-electron chi connectivity index (χ0n) is 14.5. The number of rotatable bonds is 4. The van der Waals surface area contributed by atoms with Gasteiger partial charge in [-0.05, 0) is 30.7 Å². The summed E-state index contributed by atoms with van der Waals surface area (Å²) in [5, 5.41) is 4.13. The molecule has 4 rings (SSSR count). The molecule has 3 aromatic rings. The van der Waals surface area contributed by atoms with E-state index in [1.165, 1.54) is 0 Å². The minimum absolute atomic E-state index is 0.0308. The second kappa shape index (κ2) is 7.00. The molecule has 1 aromatic heterocycles. The summed E-state index contributed by atoms with van der Waals surface area (Å²) in [5.41, 5.74) is 1.47. The highest BCUT2D eigenvalue weighted by Gasteiger charge is 2.32. The largest absolute Gasteiger partial charge is 0.496 e.